The molecule has 2 aromatic rings. The number of rotatable bonds is 6. The minimum Gasteiger partial charge on any atom is -0.376 e. The lowest BCUT2D eigenvalue weighted by atomic mass is 10.2. The van der Waals surface area contributed by atoms with E-state index in [1.54, 1.807) is 10.6 Å². The second-order valence-corrected chi connectivity index (χ2v) is 8.14. The highest BCUT2D eigenvalue weighted by Crippen LogP contribution is 2.18. The van der Waals surface area contributed by atoms with Crippen LogP contribution in [0.2, 0.25) is 0 Å². The minimum atomic E-state index is -0.285. The van der Waals surface area contributed by atoms with E-state index in [9.17, 15) is 14.4 Å². The van der Waals surface area contributed by atoms with Crippen molar-refractivity contribution in [3.63, 3.8) is 0 Å². The van der Waals surface area contributed by atoms with Crippen LogP contribution in [0.5, 0.6) is 0 Å². The molecule has 1 aliphatic rings. The van der Waals surface area contributed by atoms with Gasteiger partial charge in [0.2, 0.25) is 5.91 Å². The molecule has 8 nitrogen and oxygen atoms in total. The highest BCUT2D eigenvalue weighted by molar-refractivity contribution is 5.81. The number of hydrogen-bond acceptors (Lipinski definition) is 5. The highest BCUT2D eigenvalue weighted by Gasteiger charge is 2.25. The van der Waals surface area contributed by atoms with Crippen LogP contribution in [0.3, 0.4) is 0 Å². The van der Waals surface area contributed by atoms with Crippen molar-refractivity contribution in [3.8, 4) is 0 Å². The van der Waals surface area contributed by atoms with Crippen molar-refractivity contribution in [2.24, 2.45) is 0 Å². The van der Waals surface area contributed by atoms with Crippen LogP contribution in [-0.2, 0) is 4.79 Å². The molecule has 1 saturated heterocycles. The van der Waals surface area contributed by atoms with E-state index in [4.69, 9.17) is 0 Å². The lowest BCUT2D eigenvalue weighted by Crippen LogP contribution is -2.52. The first-order valence-corrected chi connectivity index (χ1v) is 10.5. The zero-order valence-electron chi connectivity index (χ0n) is 18.2. The van der Waals surface area contributed by atoms with Gasteiger partial charge in [0.05, 0.1) is 6.54 Å². The SMILES string of the molecule is CC(C)n1c(N2CCN(C(=O)CNc3ccccc3)CC2)cc(=O)n(C(C)C)c1=O. The van der Waals surface area contributed by atoms with Crippen molar-refractivity contribution in [3.05, 3.63) is 57.2 Å². The summed E-state index contributed by atoms with van der Waals surface area (Å²) in [5, 5.41) is 3.15. The molecule has 0 radical (unpaired) electrons. The van der Waals surface area contributed by atoms with Crippen molar-refractivity contribution in [2.45, 2.75) is 39.8 Å². The Bertz CT molecular complexity index is 986. The van der Waals surface area contributed by atoms with Crippen molar-refractivity contribution < 1.29 is 4.79 Å². The number of hydrogen-bond donors (Lipinski definition) is 1. The molecule has 0 bridgehead atoms. The molecule has 1 aliphatic heterocycles. The number of amides is 1. The van der Waals surface area contributed by atoms with E-state index >= 15 is 0 Å². The van der Waals surface area contributed by atoms with Gasteiger partial charge in [0, 0.05) is 50.0 Å². The number of carbonyl (C=O) groups is 1. The Morgan fingerprint density at radius 1 is 0.933 bits per heavy atom. The maximum absolute atomic E-state index is 13.0. The molecule has 1 fully saturated rings. The average Bonchev–Trinajstić information content (AvgIpc) is 2.71. The molecule has 0 atom stereocenters. The number of nitrogens with zero attached hydrogens (tertiary/aromatic N) is 4. The van der Waals surface area contributed by atoms with Crippen molar-refractivity contribution in [1.29, 1.82) is 0 Å². The molecule has 1 aromatic heterocycles. The number of benzene rings is 1. The quantitative estimate of drug-likeness (QED) is 0.783. The van der Waals surface area contributed by atoms with E-state index < -0.39 is 0 Å². The Morgan fingerprint density at radius 2 is 1.53 bits per heavy atom. The molecule has 2 heterocycles. The summed E-state index contributed by atoms with van der Waals surface area (Å²) < 4.78 is 2.97. The number of aromatic nitrogens is 2. The fraction of sp³-hybridized carbons (Fsp3) is 0.500. The first-order valence-electron chi connectivity index (χ1n) is 10.5. The summed E-state index contributed by atoms with van der Waals surface area (Å²) in [6, 6.07) is 10.9. The molecule has 0 saturated carbocycles. The molecule has 0 unspecified atom stereocenters. The van der Waals surface area contributed by atoms with Gasteiger partial charge in [-0.25, -0.2) is 4.79 Å². The third-order valence-electron chi connectivity index (χ3n) is 5.36. The number of carbonyl (C=O) groups excluding carboxylic acids is 1. The summed E-state index contributed by atoms with van der Waals surface area (Å²) in [6.07, 6.45) is 0. The zero-order valence-corrected chi connectivity index (χ0v) is 18.2. The first-order chi connectivity index (χ1) is 14.3. The van der Waals surface area contributed by atoms with Gasteiger partial charge in [0.15, 0.2) is 0 Å². The Morgan fingerprint density at radius 3 is 2.10 bits per heavy atom. The second-order valence-electron chi connectivity index (χ2n) is 8.14. The monoisotopic (exact) mass is 413 g/mol. The summed E-state index contributed by atoms with van der Waals surface area (Å²) in [5.74, 6) is 0.668. The van der Waals surface area contributed by atoms with Crippen LogP contribution in [0.25, 0.3) is 0 Å². The average molecular weight is 414 g/mol. The maximum atomic E-state index is 13.0. The predicted octanol–water partition coefficient (Wildman–Crippen LogP) is 1.93. The van der Waals surface area contributed by atoms with Crippen LogP contribution < -0.4 is 21.5 Å². The van der Waals surface area contributed by atoms with Gasteiger partial charge in [-0.15, -0.1) is 0 Å². The molecule has 162 valence electrons. The maximum Gasteiger partial charge on any atom is 0.333 e. The van der Waals surface area contributed by atoms with Crippen molar-refractivity contribution in [1.82, 2.24) is 14.0 Å². The first kappa shape index (κ1) is 21.7. The van der Waals surface area contributed by atoms with E-state index in [2.05, 4.69) is 5.32 Å². The molecular weight excluding hydrogens is 382 g/mol. The van der Waals surface area contributed by atoms with Gasteiger partial charge >= 0.3 is 5.69 Å². The number of piperazine rings is 1. The largest absolute Gasteiger partial charge is 0.376 e. The molecule has 1 amide bonds. The van der Waals surface area contributed by atoms with Gasteiger partial charge in [-0.1, -0.05) is 18.2 Å². The molecule has 1 aromatic carbocycles. The standard InChI is InChI=1S/C22H31N5O3/c1-16(2)26-19(14-20(28)27(17(3)4)22(26)30)24-10-12-25(13-11-24)21(29)15-23-18-8-6-5-7-9-18/h5-9,14,16-17,23H,10-13,15H2,1-4H3. The van der Waals surface area contributed by atoms with Crippen LogP contribution >= 0.6 is 0 Å². The number of anilines is 2. The Labute approximate surface area is 176 Å². The van der Waals surface area contributed by atoms with Gasteiger partial charge in [-0.05, 0) is 39.8 Å². The van der Waals surface area contributed by atoms with Gasteiger partial charge in [-0.3, -0.25) is 18.7 Å². The van der Waals surface area contributed by atoms with Crippen molar-refractivity contribution >= 4 is 17.4 Å². The molecule has 8 heteroatoms. The molecule has 3 rings (SSSR count). The van der Waals surface area contributed by atoms with Crippen LogP contribution in [0.4, 0.5) is 11.5 Å². The Hall–Kier alpha value is -3.03. The summed E-state index contributed by atoms with van der Waals surface area (Å²) in [5.41, 5.74) is 0.344. The van der Waals surface area contributed by atoms with E-state index in [1.165, 1.54) is 4.57 Å². The Kier molecular flexibility index (Phi) is 6.64. The zero-order chi connectivity index (χ0) is 21.8. The van der Waals surface area contributed by atoms with Crippen LogP contribution in [0, 0.1) is 0 Å². The fourth-order valence-corrected chi connectivity index (χ4v) is 3.79. The van der Waals surface area contributed by atoms with Gasteiger partial charge in [-0.2, -0.15) is 0 Å². The van der Waals surface area contributed by atoms with Crippen LogP contribution in [0.15, 0.2) is 46.0 Å². The number of nitrogens with one attached hydrogen (secondary N) is 1. The van der Waals surface area contributed by atoms with Crippen LogP contribution in [0.1, 0.15) is 39.8 Å². The number of para-hydroxylation sites is 1. The van der Waals surface area contributed by atoms with E-state index in [1.807, 2.05) is 67.8 Å². The van der Waals surface area contributed by atoms with E-state index in [-0.39, 0.29) is 35.8 Å². The molecule has 0 aliphatic carbocycles. The van der Waals surface area contributed by atoms with Crippen LogP contribution in [-0.4, -0.2) is 52.7 Å². The van der Waals surface area contributed by atoms with Gasteiger partial charge in [0.1, 0.15) is 5.82 Å². The lowest BCUT2D eigenvalue weighted by molar-refractivity contribution is -0.129. The third kappa shape index (κ3) is 4.58. The van der Waals surface area contributed by atoms with Gasteiger partial charge < -0.3 is 15.1 Å². The Balaban J connectivity index is 1.71. The topological polar surface area (TPSA) is 79.6 Å². The smallest absolute Gasteiger partial charge is 0.333 e. The predicted molar refractivity (Wildman–Crippen MR) is 119 cm³/mol. The van der Waals surface area contributed by atoms with Gasteiger partial charge in [0.25, 0.3) is 5.56 Å². The second kappa shape index (κ2) is 9.19. The highest BCUT2D eigenvalue weighted by atomic mass is 16.2. The lowest BCUT2D eigenvalue weighted by Gasteiger charge is -2.37. The summed E-state index contributed by atoms with van der Waals surface area (Å²) in [6.45, 7) is 10.0. The molecule has 30 heavy (non-hydrogen) atoms. The summed E-state index contributed by atoms with van der Waals surface area (Å²) in [4.78, 5) is 41.9. The third-order valence-corrected chi connectivity index (χ3v) is 5.36. The fourth-order valence-electron chi connectivity index (χ4n) is 3.79. The normalized spacial score (nSPS) is 14.5. The summed E-state index contributed by atoms with van der Waals surface area (Å²) in [7, 11) is 0. The minimum absolute atomic E-state index is 0.0370. The van der Waals surface area contributed by atoms with E-state index in [0.29, 0.717) is 32.0 Å². The molecule has 1 N–H and O–H groups in total. The summed E-state index contributed by atoms with van der Waals surface area (Å²) >= 11 is 0. The molecule has 0 spiro atoms. The van der Waals surface area contributed by atoms with Crippen molar-refractivity contribution in [2.75, 3.05) is 42.9 Å². The van der Waals surface area contributed by atoms with E-state index in [0.717, 1.165) is 5.69 Å². The molecular formula is C22H31N5O3.